The average molecular weight is 353 g/mol. The third-order valence-corrected chi connectivity index (χ3v) is 3.94. The van der Waals surface area contributed by atoms with Gasteiger partial charge in [0.1, 0.15) is 0 Å². The monoisotopic (exact) mass is 353 g/mol. The van der Waals surface area contributed by atoms with Crippen LogP contribution in [0.15, 0.2) is 42.5 Å². The molecule has 1 aliphatic rings. The maximum absolute atomic E-state index is 12.9. The first-order chi connectivity index (χ1) is 12.5. The van der Waals surface area contributed by atoms with Gasteiger partial charge in [0.15, 0.2) is 11.5 Å². The Hall–Kier alpha value is -3.61. The number of carbonyl (C=O) groups is 3. The number of carbonyl (C=O) groups excluding carboxylic acids is 2. The summed E-state index contributed by atoms with van der Waals surface area (Å²) in [5.41, 5.74) is 1.25. The molecule has 2 amide bonds. The van der Waals surface area contributed by atoms with E-state index in [2.05, 4.69) is 0 Å². The van der Waals surface area contributed by atoms with Gasteiger partial charge in [-0.05, 0) is 35.9 Å². The minimum absolute atomic E-state index is 0.142. The topological polar surface area (TPSA) is 93.1 Å². The van der Waals surface area contributed by atoms with Crippen molar-refractivity contribution in [2.75, 3.05) is 19.1 Å². The largest absolute Gasteiger partial charge is 0.493 e. The van der Waals surface area contributed by atoms with E-state index in [0.717, 1.165) is 11.0 Å². The van der Waals surface area contributed by atoms with Crippen LogP contribution in [-0.4, -0.2) is 37.1 Å². The first-order valence-corrected chi connectivity index (χ1v) is 7.62. The maximum Gasteiger partial charge on any atom is 0.328 e. The molecule has 1 heterocycles. The molecule has 3 rings (SSSR count). The fraction of sp³-hybridized carbons (Fsp3) is 0.105. The molecule has 2 aromatic rings. The van der Waals surface area contributed by atoms with Crippen LogP contribution >= 0.6 is 0 Å². The Labute approximate surface area is 149 Å². The average Bonchev–Trinajstić information content (AvgIpc) is 2.90. The predicted octanol–water partition coefficient (Wildman–Crippen LogP) is 2.60. The summed E-state index contributed by atoms with van der Waals surface area (Å²) in [5, 5.41) is 8.73. The van der Waals surface area contributed by atoms with Gasteiger partial charge in [0, 0.05) is 6.08 Å². The van der Waals surface area contributed by atoms with E-state index in [1.807, 2.05) is 0 Å². The van der Waals surface area contributed by atoms with E-state index in [-0.39, 0.29) is 16.9 Å². The van der Waals surface area contributed by atoms with E-state index in [1.165, 1.54) is 26.4 Å². The lowest BCUT2D eigenvalue weighted by Crippen LogP contribution is -2.29. The molecule has 26 heavy (non-hydrogen) atoms. The van der Waals surface area contributed by atoms with Gasteiger partial charge in [0.05, 0.1) is 31.0 Å². The summed E-state index contributed by atoms with van der Waals surface area (Å²) in [6.07, 6.45) is 2.36. The predicted molar refractivity (Wildman–Crippen MR) is 93.8 cm³/mol. The highest BCUT2D eigenvalue weighted by Gasteiger charge is 2.40. The molecule has 0 radical (unpaired) electrons. The molecule has 0 aliphatic carbocycles. The Balaban J connectivity index is 2.06. The SMILES string of the molecule is COc1ccc2c(c1OC)C(=O)N(c1cccc(C=CC(=O)O)c1)C2=O. The number of imide groups is 1. The van der Waals surface area contributed by atoms with Crippen molar-refractivity contribution in [3.05, 3.63) is 59.2 Å². The number of benzene rings is 2. The van der Waals surface area contributed by atoms with Gasteiger partial charge in [-0.15, -0.1) is 0 Å². The van der Waals surface area contributed by atoms with Crippen LogP contribution in [0.4, 0.5) is 5.69 Å². The van der Waals surface area contributed by atoms with Gasteiger partial charge in [0.25, 0.3) is 11.8 Å². The number of methoxy groups -OCH3 is 2. The molecule has 0 bridgehead atoms. The highest BCUT2D eigenvalue weighted by molar-refractivity contribution is 6.35. The second-order valence-electron chi connectivity index (χ2n) is 5.44. The fourth-order valence-corrected chi connectivity index (χ4v) is 2.81. The zero-order valence-corrected chi connectivity index (χ0v) is 14.1. The lowest BCUT2D eigenvalue weighted by Gasteiger charge is -2.14. The molecule has 0 unspecified atom stereocenters. The molecule has 0 fully saturated rings. The van der Waals surface area contributed by atoms with Gasteiger partial charge in [-0.1, -0.05) is 12.1 Å². The van der Waals surface area contributed by atoms with Crippen molar-refractivity contribution in [3.63, 3.8) is 0 Å². The summed E-state index contributed by atoms with van der Waals surface area (Å²) >= 11 is 0. The number of amides is 2. The number of hydrogen-bond donors (Lipinski definition) is 1. The Morgan fingerprint density at radius 3 is 2.50 bits per heavy atom. The number of anilines is 1. The third-order valence-electron chi connectivity index (χ3n) is 3.94. The number of aliphatic carboxylic acids is 1. The lowest BCUT2D eigenvalue weighted by atomic mass is 10.1. The minimum atomic E-state index is -1.09. The van der Waals surface area contributed by atoms with Crippen LogP contribution < -0.4 is 14.4 Å². The maximum atomic E-state index is 12.9. The quantitative estimate of drug-likeness (QED) is 0.656. The minimum Gasteiger partial charge on any atom is -0.493 e. The molecule has 0 spiro atoms. The van der Waals surface area contributed by atoms with Gasteiger partial charge in [-0.2, -0.15) is 0 Å². The van der Waals surface area contributed by atoms with Crippen molar-refractivity contribution in [1.29, 1.82) is 0 Å². The Bertz CT molecular complexity index is 947. The van der Waals surface area contributed by atoms with E-state index in [0.29, 0.717) is 17.0 Å². The molecule has 1 N–H and O–H groups in total. The van der Waals surface area contributed by atoms with E-state index in [1.54, 1.807) is 30.3 Å². The molecule has 0 saturated heterocycles. The second-order valence-corrected chi connectivity index (χ2v) is 5.44. The van der Waals surface area contributed by atoms with Crippen LogP contribution in [0.5, 0.6) is 11.5 Å². The van der Waals surface area contributed by atoms with Crippen molar-refractivity contribution >= 4 is 29.5 Å². The molecule has 2 aromatic carbocycles. The van der Waals surface area contributed by atoms with Crippen molar-refractivity contribution in [3.8, 4) is 11.5 Å². The highest BCUT2D eigenvalue weighted by atomic mass is 16.5. The Morgan fingerprint density at radius 1 is 1.08 bits per heavy atom. The van der Waals surface area contributed by atoms with Crippen LogP contribution in [0, 0.1) is 0 Å². The van der Waals surface area contributed by atoms with Crippen molar-refractivity contribution < 1.29 is 29.0 Å². The summed E-state index contributed by atoms with van der Waals surface area (Å²) in [6.45, 7) is 0. The standard InChI is InChI=1S/C19H15NO6/c1-25-14-8-7-13-16(17(14)26-2)19(24)20(18(13)23)12-5-3-4-11(10-12)6-9-15(21)22/h3-10H,1-2H3,(H,21,22). The normalized spacial score (nSPS) is 13.2. The smallest absolute Gasteiger partial charge is 0.328 e. The number of fused-ring (bicyclic) bond motifs is 1. The Morgan fingerprint density at radius 2 is 1.85 bits per heavy atom. The van der Waals surface area contributed by atoms with Gasteiger partial charge >= 0.3 is 5.97 Å². The van der Waals surface area contributed by atoms with Gasteiger partial charge in [-0.25, -0.2) is 9.69 Å². The first-order valence-electron chi connectivity index (χ1n) is 7.62. The summed E-state index contributed by atoms with van der Waals surface area (Å²) in [5.74, 6) is -1.54. The van der Waals surface area contributed by atoms with Crippen LogP contribution in [-0.2, 0) is 4.79 Å². The number of nitrogens with zero attached hydrogens (tertiary/aromatic N) is 1. The van der Waals surface area contributed by atoms with Crippen LogP contribution in [0.2, 0.25) is 0 Å². The molecule has 1 aliphatic heterocycles. The molecule has 0 atom stereocenters. The summed E-state index contributed by atoms with van der Waals surface area (Å²) < 4.78 is 10.5. The second kappa shape index (κ2) is 6.72. The first kappa shape index (κ1) is 17.2. The van der Waals surface area contributed by atoms with Crippen molar-refractivity contribution in [1.82, 2.24) is 0 Å². The third kappa shape index (κ3) is 2.79. The fourth-order valence-electron chi connectivity index (χ4n) is 2.81. The van der Waals surface area contributed by atoms with Gasteiger partial charge in [-0.3, -0.25) is 9.59 Å². The van der Waals surface area contributed by atoms with E-state index < -0.39 is 17.8 Å². The summed E-state index contributed by atoms with van der Waals surface area (Å²) in [7, 11) is 2.84. The molecule has 132 valence electrons. The number of ether oxygens (including phenoxy) is 2. The zero-order chi connectivity index (χ0) is 18.8. The molecule has 7 nitrogen and oxygen atoms in total. The zero-order valence-electron chi connectivity index (χ0n) is 14.1. The molecular formula is C19H15NO6. The number of carboxylic acid groups (broad SMARTS) is 1. The van der Waals surface area contributed by atoms with E-state index in [4.69, 9.17) is 14.6 Å². The molecule has 0 aromatic heterocycles. The molecular weight excluding hydrogens is 338 g/mol. The van der Waals surface area contributed by atoms with Crippen LogP contribution in [0.25, 0.3) is 6.08 Å². The van der Waals surface area contributed by atoms with E-state index >= 15 is 0 Å². The summed E-state index contributed by atoms with van der Waals surface area (Å²) in [4.78, 5) is 37.3. The number of rotatable bonds is 5. The van der Waals surface area contributed by atoms with Crippen molar-refractivity contribution in [2.24, 2.45) is 0 Å². The van der Waals surface area contributed by atoms with Gasteiger partial charge in [0.2, 0.25) is 0 Å². The van der Waals surface area contributed by atoms with Crippen molar-refractivity contribution in [2.45, 2.75) is 0 Å². The van der Waals surface area contributed by atoms with Crippen LogP contribution in [0.1, 0.15) is 26.3 Å². The van der Waals surface area contributed by atoms with Gasteiger partial charge < -0.3 is 14.6 Å². The Kier molecular flexibility index (Phi) is 4.45. The number of carboxylic acids is 1. The van der Waals surface area contributed by atoms with Crippen LogP contribution in [0.3, 0.4) is 0 Å². The summed E-state index contributed by atoms with van der Waals surface area (Å²) in [6, 6.07) is 9.56. The molecule has 0 saturated carbocycles. The van der Waals surface area contributed by atoms with E-state index in [9.17, 15) is 14.4 Å². The molecule has 7 heteroatoms. The lowest BCUT2D eigenvalue weighted by molar-refractivity contribution is -0.131. The highest BCUT2D eigenvalue weighted by Crippen LogP contribution is 2.39. The number of hydrogen-bond acceptors (Lipinski definition) is 5.